The number of hydrogen-bond donors (Lipinski definition) is 0. The molecule has 11 aromatic rings. The van der Waals surface area contributed by atoms with E-state index in [1.165, 1.54) is 20.7 Å². The minimum Gasteiger partial charge on any atom is -0.435 e. The van der Waals surface area contributed by atoms with E-state index >= 15 is 0 Å². The highest BCUT2D eigenvalue weighted by atomic mass is 28.3. The molecule has 0 amide bonds. The highest BCUT2D eigenvalue weighted by Gasteiger charge is 2.41. The Hall–Kier alpha value is -7.79. The van der Waals surface area contributed by atoms with Gasteiger partial charge in [0, 0.05) is 27.9 Å². The number of benzene rings is 10. The van der Waals surface area contributed by atoms with Gasteiger partial charge in [0.1, 0.15) is 5.52 Å². The van der Waals surface area contributed by atoms with Gasteiger partial charge in [-0.25, -0.2) is 4.98 Å². The molecule has 0 unspecified atom stereocenters. The highest BCUT2D eigenvalue weighted by Crippen LogP contribution is 2.43. The third-order valence-corrected chi connectivity index (χ3v) is 16.8. The van der Waals surface area contributed by atoms with E-state index in [4.69, 9.17) is 9.40 Å². The van der Waals surface area contributed by atoms with Crippen LogP contribution in [0.4, 0.5) is 17.1 Å². The molecule has 1 heterocycles. The SMILES string of the molecule is c1ccc(-c2nc3ccc4ccc5ccc(N(c6ccc([Si](c7ccccc7)(c7ccccc7)c7ccccc7)cc6)c6ccccc6-c6ccccc6)cc5c4c3o2)cc1. The van der Waals surface area contributed by atoms with Crippen molar-refractivity contribution >= 4 is 78.5 Å². The Bertz CT molecular complexity index is 3180. The van der Waals surface area contributed by atoms with Crippen LogP contribution in [0, 0.1) is 0 Å². The van der Waals surface area contributed by atoms with Crippen LogP contribution in [0.2, 0.25) is 0 Å². The first-order chi connectivity index (χ1) is 30.3. The molecule has 0 aliphatic heterocycles. The Balaban J connectivity index is 1.14. The molecule has 0 saturated carbocycles. The first kappa shape index (κ1) is 36.3. The molecule has 0 N–H and O–H groups in total. The molecule has 1 aromatic heterocycles. The van der Waals surface area contributed by atoms with Crippen molar-refractivity contribution in [2.45, 2.75) is 0 Å². The molecule has 0 saturated heterocycles. The summed E-state index contributed by atoms with van der Waals surface area (Å²) in [7, 11) is -2.73. The van der Waals surface area contributed by atoms with Gasteiger partial charge in [-0.3, -0.25) is 0 Å². The molecular formula is C57H40N2OSi. The normalized spacial score (nSPS) is 11.6. The van der Waals surface area contributed by atoms with Crippen LogP contribution in [-0.4, -0.2) is 13.1 Å². The number of fused-ring (bicyclic) bond motifs is 5. The quantitative estimate of drug-likeness (QED) is 0.0828. The van der Waals surface area contributed by atoms with Crippen LogP contribution in [0.25, 0.3) is 55.2 Å². The molecular weight excluding hydrogens is 757 g/mol. The number of nitrogens with zero attached hydrogens (tertiary/aromatic N) is 2. The lowest BCUT2D eigenvalue weighted by Crippen LogP contribution is -2.74. The predicted molar refractivity (Wildman–Crippen MR) is 258 cm³/mol. The van der Waals surface area contributed by atoms with E-state index in [1.807, 2.05) is 30.3 Å². The van der Waals surface area contributed by atoms with Crippen molar-refractivity contribution in [3.05, 3.63) is 243 Å². The standard InChI is InChI=1S/C57H40N2OSi/c1-6-18-41(19-7-1)51-28-16-17-29-54(51)59(46-34-32-42-30-31-43-33-39-53-56(55(43)52(42)40-46)60-57(58-53)44-20-8-2-9-21-44)45-35-37-50(38-36-45)61(47-22-10-3-11-23-47,48-24-12-4-13-25-48)49-26-14-5-15-27-49/h1-40H. The molecule has 4 heteroatoms. The smallest absolute Gasteiger partial charge is 0.227 e. The summed E-state index contributed by atoms with van der Waals surface area (Å²) in [5, 5.41) is 9.78. The van der Waals surface area contributed by atoms with Gasteiger partial charge >= 0.3 is 0 Å². The van der Waals surface area contributed by atoms with Gasteiger partial charge in [-0.2, -0.15) is 0 Å². The van der Waals surface area contributed by atoms with E-state index < -0.39 is 8.07 Å². The topological polar surface area (TPSA) is 29.3 Å². The van der Waals surface area contributed by atoms with E-state index in [2.05, 4.69) is 217 Å². The zero-order valence-corrected chi connectivity index (χ0v) is 34.4. The van der Waals surface area contributed by atoms with E-state index in [0.29, 0.717) is 5.89 Å². The third kappa shape index (κ3) is 6.33. The summed E-state index contributed by atoms with van der Waals surface area (Å²) < 4.78 is 6.66. The van der Waals surface area contributed by atoms with Crippen molar-refractivity contribution in [1.82, 2.24) is 4.98 Å². The van der Waals surface area contributed by atoms with Crippen LogP contribution in [0.1, 0.15) is 0 Å². The predicted octanol–water partition coefficient (Wildman–Crippen LogP) is 12.3. The van der Waals surface area contributed by atoms with Crippen LogP contribution < -0.4 is 25.6 Å². The van der Waals surface area contributed by atoms with Crippen molar-refractivity contribution in [3.63, 3.8) is 0 Å². The summed E-state index contributed by atoms with van der Waals surface area (Å²) >= 11 is 0. The van der Waals surface area contributed by atoms with E-state index in [1.54, 1.807) is 0 Å². The summed E-state index contributed by atoms with van der Waals surface area (Å²) in [6.45, 7) is 0. The minimum absolute atomic E-state index is 0.621. The Labute approximate surface area is 356 Å². The zero-order valence-electron chi connectivity index (χ0n) is 33.4. The van der Waals surface area contributed by atoms with Crippen LogP contribution in [-0.2, 0) is 0 Å². The van der Waals surface area contributed by atoms with E-state index in [-0.39, 0.29) is 0 Å². The van der Waals surface area contributed by atoms with Gasteiger partial charge in [0.25, 0.3) is 0 Å². The summed E-state index contributed by atoms with van der Waals surface area (Å²) in [5.74, 6) is 0.621. The molecule has 288 valence electrons. The van der Waals surface area contributed by atoms with Crippen molar-refractivity contribution in [3.8, 4) is 22.6 Å². The first-order valence-corrected chi connectivity index (χ1v) is 22.8. The fraction of sp³-hybridized carbons (Fsp3) is 0. The lowest BCUT2D eigenvalue weighted by Gasteiger charge is -2.35. The first-order valence-electron chi connectivity index (χ1n) is 20.8. The fourth-order valence-electron chi connectivity index (χ4n) is 9.24. The lowest BCUT2D eigenvalue weighted by atomic mass is 9.99. The number of para-hydroxylation sites is 1. The Morgan fingerprint density at radius 2 is 0.869 bits per heavy atom. The molecule has 0 atom stereocenters. The molecule has 61 heavy (non-hydrogen) atoms. The van der Waals surface area contributed by atoms with Gasteiger partial charge in [-0.1, -0.05) is 194 Å². The van der Waals surface area contributed by atoms with Crippen LogP contribution >= 0.6 is 0 Å². The number of aromatic nitrogens is 1. The van der Waals surface area contributed by atoms with E-state index in [9.17, 15) is 0 Å². The van der Waals surface area contributed by atoms with E-state index in [0.717, 1.165) is 66.4 Å². The van der Waals surface area contributed by atoms with Crippen LogP contribution in [0.3, 0.4) is 0 Å². The zero-order chi connectivity index (χ0) is 40.6. The Morgan fingerprint density at radius 3 is 1.49 bits per heavy atom. The number of rotatable bonds is 9. The molecule has 0 aliphatic rings. The van der Waals surface area contributed by atoms with Gasteiger partial charge in [0.05, 0.1) is 5.69 Å². The summed E-state index contributed by atoms with van der Waals surface area (Å²) in [6, 6.07) is 87.7. The van der Waals surface area contributed by atoms with Gasteiger partial charge in [-0.15, -0.1) is 0 Å². The summed E-state index contributed by atoms with van der Waals surface area (Å²) in [6.07, 6.45) is 0. The van der Waals surface area contributed by atoms with Crippen molar-refractivity contribution < 1.29 is 4.42 Å². The lowest BCUT2D eigenvalue weighted by molar-refractivity contribution is 0.623. The molecule has 0 radical (unpaired) electrons. The van der Waals surface area contributed by atoms with Crippen molar-refractivity contribution in [2.24, 2.45) is 0 Å². The maximum absolute atomic E-state index is 6.66. The highest BCUT2D eigenvalue weighted by molar-refractivity contribution is 7.19. The molecule has 3 nitrogen and oxygen atoms in total. The minimum atomic E-state index is -2.73. The second-order valence-corrected chi connectivity index (χ2v) is 19.3. The van der Waals surface area contributed by atoms with Crippen molar-refractivity contribution in [1.29, 1.82) is 0 Å². The summed E-state index contributed by atoms with van der Waals surface area (Å²) in [5.41, 5.74) is 8.11. The maximum atomic E-state index is 6.66. The number of hydrogen-bond acceptors (Lipinski definition) is 3. The monoisotopic (exact) mass is 796 g/mol. The van der Waals surface area contributed by atoms with Gasteiger partial charge in [-0.05, 0) is 91.0 Å². The fourth-order valence-corrected chi connectivity index (χ4v) is 14.0. The summed E-state index contributed by atoms with van der Waals surface area (Å²) in [4.78, 5) is 7.37. The van der Waals surface area contributed by atoms with Crippen LogP contribution in [0.5, 0.6) is 0 Å². The number of oxazole rings is 1. The molecule has 0 fully saturated rings. The van der Waals surface area contributed by atoms with Gasteiger partial charge in [0.15, 0.2) is 13.7 Å². The van der Waals surface area contributed by atoms with Gasteiger partial charge < -0.3 is 9.32 Å². The largest absolute Gasteiger partial charge is 0.435 e. The molecule has 11 rings (SSSR count). The second-order valence-electron chi connectivity index (χ2n) is 15.5. The average Bonchev–Trinajstić information content (AvgIpc) is 3.79. The second kappa shape index (κ2) is 15.4. The van der Waals surface area contributed by atoms with Crippen LogP contribution in [0.15, 0.2) is 247 Å². The number of anilines is 3. The molecule has 0 aliphatic carbocycles. The average molecular weight is 797 g/mol. The molecule has 0 bridgehead atoms. The maximum Gasteiger partial charge on any atom is 0.227 e. The van der Waals surface area contributed by atoms with Gasteiger partial charge in [0.2, 0.25) is 5.89 Å². The molecule has 0 spiro atoms. The Morgan fingerprint density at radius 1 is 0.393 bits per heavy atom. The van der Waals surface area contributed by atoms with Crippen molar-refractivity contribution in [2.75, 3.05) is 4.90 Å². The molecule has 10 aromatic carbocycles. The Kier molecular flexibility index (Phi) is 9.18. The third-order valence-electron chi connectivity index (χ3n) is 12.0.